The summed E-state index contributed by atoms with van der Waals surface area (Å²) in [6, 6.07) is 7.80. The number of carbonyl (C=O) groups is 2. The number of pyridine rings is 1. The Morgan fingerprint density at radius 1 is 1.19 bits per heavy atom. The van der Waals surface area contributed by atoms with E-state index in [0.29, 0.717) is 29.9 Å². The maximum absolute atomic E-state index is 12.9. The second-order valence-electron chi connectivity index (χ2n) is 8.07. The second-order valence-corrected chi connectivity index (χ2v) is 9.11. The van der Waals surface area contributed by atoms with E-state index in [1.54, 1.807) is 11.1 Å². The zero-order valence-corrected chi connectivity index (χ0v) is 18.6. The molecule has 0 unspecified atom stereocenters. The maximum Gasteiger partial charge on any atom is 0.414 e. The van der Waals surface area contributed by atoms with Crippen LogP contribution in [0.1, 0.15) is 39.0 Å². The molecule has 32 heavy (non-hydrogen) atoms. The van der Waals surface area contributed by atoms with Crippen molar-refractivity contribution in [2.24, 2.45) is 0 Å². The van der Waals surface area contributed by atoms with Gasteiger partial charge in [0, 0.05) is 18.7 Å². The fourth-order valence-corrected chi connectivity index (χ4v) is 5.10. The van der Waals surface area contributed by atoms with E-state index in [1.807, 2.05) is 24.3 Å². The van der Waals surface area contributed by atoms with Crippen LogP contribution >= 0.6 is 11.3 Å². The van der Waals surface area contributed by atoms with Gasteiger partial charge in [-0.05, 0) is 49.4 Å². The summed E-state index contributed by atoms with van der Waals surface area (Å²) >= 11 is 1.42. The molecule has 9 heteroatoms. The third kappa shape index (κ3) is 4.25. The normalized spacial score (nSPS) is 16.3. The molecule has 0 atom stereocenters. The lowest BCUT2D eigenvalue weighted by Gasteiger charge is -2.31. The van der Waals surface area contributed by atoms with Crippen LogP contribution in [0.2, 0.25) is 0 Å². The minimum absolute atomic E-state index is 0.00905. The van der Waals surface area contributed by atoms with Gasteiger partial charge in [-0.15, -0.1) is 0 Å². The molecule has 1 N–H and O–H groups in total. The molecule has 1 aromatic carbocycles. The van der Waals surface area contributed by atoms with Gasteiger partial charge in [0.1, 0.15) is 18.4 Å². The van der Waals surface area contributed by atoms with Gasteiger partial charge in [-0.1, -0.05) is 23.8 Å². The third-order valence-corrected chi connectivity index (χ3v) is 6.66. The molecule has 1 aliphatic heterocycles. The van der Waals surface area contributed by atoms with Crippen LogP contribution in [0.3, 0.4) is 0 Å². The first kappa shape index (κ1) is 20.7. The topological polar surface area (TPSA) is 93.7 Å². The monoisotopic (exact) mass is 452 g/mol. The smallest absolute Gasteiger partial charge is 0.414 e. The minimum Gasteiger partial charge on any atom is -0.474 e. The molecule has 0 radical (unpaired) electrons. The lowest BCUT2D eigenvalue weighted by Crippen LogP contribution is -2.40. The first-order chi connectivity index (χ1) is 15.6. The van der Waals surface area contributed by atoms with Crippen LogP contribution in [-0.4, -0.2) is 41.2 Å². The van der Waals surface area contributed by atoms with Crippen molar-refractivity contribution in [3.63, 3.8) is 0 Å². The molecular formula is C23H24N4O4S. The maximum atomic E-state index is 12.9. The second kappa shape index (κ2) is 8.74. The van der Waals surface area contributed by atoms with Gasteiger partial charge < -0.3 is 14.8 Å². The van der Waals surface area contributed by atoms with E-state index in [2.05, 4.69) is 15.3 Å². The van der Waals surface area contributed by atoms with E-state index in [9.17, 15) is 9.59 Å². The SMILES string of the molecule is CC(=O)Nc1nc2ccc(-c3cnc4c(c3)N(C(=O)OC3CCCCC3)CCO4)cc2s1. The number of anilines is 2. The van der Waals surface area contributed by atoms with Gasteiger partial charge in [0.05, 0.1) is 16.8 Å². The summed E-state index contributed by atoms with van der Waals surface area (Å²) in [5.41, 5.74) is 3.24. The Balaban J connectivity index is 1.42. The number of hydrogen-bond donors (Lipinski definition) is 1. The molecule has 166 valence electrons. The van der Waals surface area contributed by atoms with Crippen molar-refractivity contribution < 1.29 is 19.1 Å². The Morgan fingerprint density at radius 3 is 2.84 bits per heavy atom. The number of rotatable bonds is 3. The van der Waals surface area contributed by atoms with Crippen LogP contribution in [0.25, 0.3) is 21.3 Å². The minimum atomic E-state index is -0.335. The summed E-state index contributed by atoms with van der Waals surface area (Å²) in [6.07, 6.45) is 6.67. The van der Waals surface area contributed by atoms with Crippen LogP contribution in [0.5, 0.6) is 5.88 Å². The summed E-state index contributed by atoms with van der Waals surface area (Å²) in [4.78, 5) is 34.8. The van der Waals surface area contributed by atoms with E-state index in [1.165, 1.54) is 24.7 Å². The highest BCUT2D eigenvalue weighted by atomic mass is 32.1. The molecular weight excluding hydrogens is 428 g/mol. The first-order valence-electron chi connectivity index (χ1n) is 10.9. The van der Waals surface area contributed by atoms with E-state index in [0.717, 1.165) is 47.0 Å². The van der Waals surface area contributed by atoms with Crippen molar-refractivity contribution in [3.05, 3.63) is 30.5 Å². The zero-order valence-electron chi connectivity index (χ0n) is 17.8. The highest BCUT2D eigenvalue weighted by Crippen LogP contribution is 2.36. The molecule has 5 rings (SSSR count). The highest BCUT2D eigenvalue weighted by Gasteiger charge is 2.29. The van der Waals surface area contributed by atoms with Gasteiger partial charge in [0.15, 0.2) is 5.13 Å². The lowest BCUT2D eigenvalue weighted by atomic mass is 9.98. The summed E-state index contributed by atoms with van der Waals surface area (Å²) in [7, 11) is 0. The van der Waals surface area contributed by atoms with E-state index >= 15 is 0 Å². The molecule has 3 heterocycles. The number of ether oxygens (including phenoxy) is 2. The molecule has 3 aromatic rings. The van der Waals surface area contributed by atoms with Crippen LogP contribution in [-0.2, 0) is 9.53 Å². The van der Waals surface area contributed by atoms with Crippen molar-refractivity contribution in [2.45, 2.75) is 45.1 Å². The number of nitrogens with one attached hydrogen (secondary N) is 1. The van der Waals surface area contributed by atoms with E-state index in [4.69, 9.17) is 9.47 Å². The summed E-state index contributed by atoms with van der Waals surface area (Å²) in [5.74, 6) is 0.288. The zero-order chi connectivity index (χ0) is 22.1. The van der Waals surface area contributed by atoms with Crippen LogP contribution in [0.4, 0.5) is 15.6 Å². The number of thiazole rings is 1. The molecule has 2 amide bonds. The quantitative estimate of drug-likeness (QED) is 0.602. The molecule has 1 fully saturated rings. The van der Waals surface area contributed by atoms with Crippen molar-refractivity contribution in [3.8, 4) is 17.0 Å². The van der Waals surface area contributed by atoms with Crippen molar-refractivity contribution in [2.75, 3.05) is 23.4 Å². The highest BCUT2D eigenvalue weighted by molar-refractivity contribution is 7.22. The van der Waals surface area contributed by atoms with Crippen LogP contribution in [0, 0.1) is 0 Å². The van der Waals surface area contributed by atoms with Crippen LogP contribution < -0.4 is 15.0 Å². The van der Waals surface area contributed by atoms with Gasteiger partial charge in [0.2, 0.25) is 11.8 Å². The fraction of sp³-hybridized carbons (Fsp3) is 0.391. The van der Waals surface area contributed by atoms with Crippen molar-refractivity contribution in [1.82, 2.24) is 9.97 Å². The fourth-order valence-electron chi connectivity index (χ4n) is 4.14. The number of amides is 2. The number of nitrogens with zero attached hydrogens (tertiary/aromatic N) is 3. The van der Waals surface area contributed by atoms with Crippen LogP contribution in [0.15, 0.2) is 30.5 Å². The Labute approximate surface area is 189 Å². The number of carbonyl (C=O) groups excluding carboxylic acids is 2. The number of fused-ring (bicyclic) bond motifs is 2. The van der Waals surface area contributed by atoms with Gasteiger partial charge >= 0.3 is 6.09 Å². The average molecular weight is 453 g/mol. The lowest BCUT2D eigenvalue weighted by molar-refractivity contribution is -0.114. The predicted molar refractivity (Wildman–Crippen MR) is 123 cm³/mol. The summed E-state index contributed by atoms with van der Waals surface area (Å²) in [5, 5.41) is 3.30. The largest absolute Gasteiger partial charge is 0.474 e. The molecule has 0 spiro atoms. The summed E-state index contributed by atoms with van der Waals surface area (Å²) in [6.45, 7) is 2.28. The van der Waals surface area contributed by atoms with Gasteiger partial charge in [-0.25, -0.2) is 14.8 Å². The van der Waals surface area contributed by atoms with Crippen molar-refractivity contribution >= 4 is 44.4 Å². The number of aromatic nitrogens is 2. The Morgan fingerprint density at radius 2 is 2.03 bits per heavy atom. The Kier molecular flexibility index (Phi) is 5.65. The molecule has 1 saturated carbocycles. The molecule has 0 bridgehead atoms. The van der Waals surface area contributed by atoms with Gasteiger partial charge in [-0.2, -0.15) is 0 Å². The van der Waals surface area contributed by atoms with E-state index < -0.39 is 0 Å². The molecule has 1 aliphatic carbocycles. The first-order valence-corrected chi connectivity index (χ1v) is 11.7. The third-order valence-electron chi connectivity index (χ3n) is 5.72. The van der Waals surface area contributed by atoms with Gasteiger partial charge in [0.25, 0.3) is 0 Å². The molecule has 2 aromatic heterocycles. The molecule has 2 aliphatic rings. The Hall–Kier alpha value is -3.20. The van der Waals surface area contributed by atoms with Crippen molar-refractivity contribution in [1.29, 1.82) is 0 Å². The standard InChI is InChI=1S/C23H24N4O4S/c1-14(28)25-22-26-18-8-7-15(12-20(18)32-22)16-11-19-21(24-13-16)30-10-9-27(19)23(29)31-17-5-3-2-4-6-17/h7-8,11-13,17H,2-6,9-10H2,1H3,(H,25,26,28). The van der Waals surface area contributed by atoms with Gasteiger partial charge in [-0.3, -0.25) is 9.69 Å². The molecule has 0 saturated heterocycles. The van der Waals surface area contributed by atoms with E-state index in [-0.39, 0.29) is 18.1 Å². The Bertz CT molecular complexity index is 1170. The summed E-state index contributed by atoms with van der Waals surface area (Å²) < 4.78 is 12.4. The molecule has 8 nitrogen and oxygen atoms in total. The predicted octanol–water partition coefficient (Wildman–Crippen LogP) is 4.98. The average Bonchev–Trinajstić information content (AvgIpc) is 3.19. The number of hydrogen-bond acceptors (Lipinski definition) is 7. The number of benzene rings is 1.